The molecule has 0 heterocycles. The van der Waals surface area contributed by atoms with Crippen molar-refractivity contribution in [1.82, 2.24) is 5.32 Å². The molecular formula is C14H22N2O2. The van der Waals surface area contributed by atoms with Gasteiger partial charge in [-0.05, 0) is 18.8 Å². The molecule has 0 bridgehead atoms. The number of carbonyl (C=O) groups excluding carboxylic acids is 2. The summed E-state index contributed by atoms with van der Waals surface area (Å²) in [6, 6.07) is -0.340. The number of aliphatic imine (C=N–C) groups is 1. The Balaban J connectivity index is 2.44. The molecule has 0 aliphatic heterocycles. The average Bonchev–Trinajstić information content (AvgIpc) is 2.65. The third-order valence-electron chi connectivity index (χ3n) is 3.37. The lowest BCUT2D eigenvalue weighted by Gasteiger charge is -2.22. The first-order valence-electron chi connectivity index (χ1n) is 6.65. The highest BCUT2D eigenvalue weighted by atomic mass is 16.2. The van der Waals surface area contributed by atoms with E-state index in [1.165, 1.54) is 25.3 Å². The van der Waals surface area contributed by atoms with Crippen LogP contribution < -0.4 is 5.32 Å². The Kier molecular flexibility index (Phi) is 6.99. The van der Waals surface area contributed by atoms with Crippen molar-refractivity contribution in [2.75, 3.05) is 0 Å². The molecule has 1 fully saturated rings. The molecule has 4 heteroatoms. The first-order valence-corrected chi connectivity index (χ1v) is 6.65. The molecular weight excluding hydrogens is 228 g/mol. The van der Waals surface area contributed by atoms with Crippen LogP contribution in [0.1, 0.15) is 44.9 Å². The van der Waals surface area contributed by atoms with Crippen molar-refractivity contribution >= 4 is 18.4 Å². The Labute approximate surface area is 109 Å². The maximum Gasteiger partial charge on any atom is 0.225 e. The van der Waals surface area contributed by atoms with E-state index in [9.17, 15) is 9.59 Å². The molecule has 1 saturated carbocycles. The van der Waals surface area contributed by atoms with E-state index in [0.717, 1.165) is 32.0 Å². The molecule has 18 heavy (non-hydrogen) atoms. The molecule has 0 saturated heterocycles. The fourth-order valence-corrected chi connectivity index (χ4v) is 2.39. The lowest BCUT2D eigenvalue weighted by molar-refractivity contribution is -0.123. The number of nitrogens with zero attached hydrogens (tertiary/aromatic N) is 1. The van der Waals surface area contributed by atoms with Crippen LogP contribution in [-0.4, -0.2) is 24.4 Å². The minimum Gasteiger partial charge on any atom is -0.346 e. The number of carbonyl (C=O) groups is 2. The van der Waals surface area contributed by atoms with Crippen LogP contribution in [0.25, 0.3) is 0 Å². The zero-order valence-electron chi connectivity index (χ0n) is 10.8. The van der Waals surface area contributed by atoms with Crippen molar-refractivity contribution < 1.29 is 9.59 Å². The van der Waals surface area contributed by atoms with Crippen LogP contribution in [0.4, 0.5) is 0 Å². The van der Waals surface area contributed by atoms with Gasteiger partial charge in [0.2, 0.25) is 5.91 Å². The molecule has 4 nitrogen and oxygen atoms in total. The summed E-state index contributed by atoms with van der Waals surface area (Å²) >= 11 is 0. The minimum absolute atomic E-state index is 0.151. The maximum atomic E-state index is 11.6. The molecule has 1 aliphatic rings. The number of hydrogen-bond acceptors (Lipinski definition) is 3. The van der Waals surface area contributed by atoms with Gasteiger partial charge in [-0.3, -0.25) is 9.79 Å². The molecule has 0 aromatic carbocycles. The second-order valence-corrected chi connectivity index (χ2v) is 4.70. The van der Waals surface area contributed by atoms with Crippen LogP contribution in [-0.2, 0) is 9.59 Å². The molecule has 1 unspecified atom stereocenters. The highest BCUT2D eigenvalue weighted by molar-refractivity contribution is 5.91. The Morgan fingerprint density at radius 3 is 2.56 bits per heavy atom. The summed E-state index contributed by atoms with van der Waals surface area (Å²) in [5.74, 6) is 0.146. The van der Waals surface area contributed by atoms with Crippen LogP contribution in [0.2, 0.25) is 0 Å². The van der Waals surface area contributed by atoms with Crippen molar-refractivity contribution in [2.24, 2.45) is 10.9 Å². The highest BCUT2D eigenvalue weighted by Gasteiger charge is 2.23. The van der Waals surface area contributed by atoms with Gasteiger partial charge in [0.15, 0.2) is 0 Å². The predicted octanol–water partition coefficient (Wildman–Crippen LogP) is 2.24. The zero-order valence-corrected chi connectivity index (χ0v) is 10.8. The van der Waals surface area contributed by atoms with Gasteiger partial charge in [0.05, 0.1) is 12.5 Å². The van der Waals surface area contributed by atoms with Gasteiger partial charge in [-0.2, -0.15) is 0 Å². The Hall–Kier alpha value is -1.45. The van der Waals surface area contributed by atoms with Gasteiger partial charge in [-0.25, -0.2) is 0 Å². The summed E-state index contributed by atoms with van der Waals surface area (Å²) in [6.45, 7) is 3.43. The number of amides is 1. The lowest BCUT2D eigenvalue weighted by Crippen LogP contribution is -2.41. The van der Waals surface area contributed by atoms with Crippen molar-refractivity contribution in [3.05, 3.63) is 12.8 Å². The van der Waals surface area contributed by atoms with E-state index in [1.54, 1.807) is 0 Å². The summed E-state index contributed by atoms with van der Waals surface area (Å²) in [5, 5.41) is 2.79. The molecule has 1 atom stereocenters. The number of aldehydes is 1. The standard InChI is InChI=1S/C14H22N2O2/c1-2-15-10-9-14(18)16-13(11-17)12-7-5-3-4-6-8-12/h2,10-13H,1,3-9H2,(H,16,18). The fourth-order valence-electron chi connectivity index (χ4n) is 2.39. The molecule has 0 aromatic heterocycles. The lowest BCUT2D eigenvalue weighted by atomic mass is 9.92. The summed E-state index contributed by atoms with van der Waals surface area (Å²) in [4.78, 5) is 26.5. The van der Waals surface area contributed by atoms with Gasteiger partial charge >= 0.3 is 0 Å². The monoisotopic (exact) mass is 250 g/mol. The predicted molar refractivity (Wildman–Crippen MR) is 72.5 cm³/mol. The first-order chi connectivity index (χ1) is 8.77. The van der Waals surface area contributed by atoms with Crippen molar-refractivity contribution in [1.29, 1.82) is 0 Å². The van der Waals surface area contributed by atoms with Gasteiger partial charge in [-0.1, -0.05) is 32.3 Å². The average molecular weight is 250 g/mol. The molecule has 0 aromatic rings. The van der Waals surface area contributed by atoms with Crippen LogP contribution in [0.5, 0.6) is 0 Å². The first kappa shape index (κ1) is 14.6. The van der Waals surface area contributed by atoms with Gasteiger partial charge in [0.1, 0.15) is 6.29 Å². The van der Waals surface area contributed by atoms with Crippen LogP contribution in [0.15, 0.2) is 17.8 Å². The quantitative estimate of drug-likeness (QED) is 0.446. The summed E-state index contributed by atoms with van der Waals surface area (Å²) in [6.07, 6.45) is 10.8. The van der Waals surface area contributed by atoms with E-state index in [2.05, 4.69) is 16.9 Å². The maximum absolute atomic E-state index is 11.6. The van der Waals surface area contributed by atoms with Crippen LogP contribution in [0, 0.1) is 5.92 Å². The molecule has 0 spiro atoms. The number of hydrogen-bond donors (Lipinski definition) is 1. The van der Waals surface area contributed by atoms with E-state index in [4.69, 9.17) is 0 Å². The largest absolute Gasteiger partial charge is 0.346 e. The van der Waals surface area contributed by atoms with E-state index in [-0.39, 0.29) is 18.4 Å². The second kappa shape index (κ2) is 8.61. The fraction of sp³-hybridized carbons (Fsp3) is 0.643. The Morgan fingerprint density at radius 1 is 1.33 bits per heavy atom. The molecule has 1 N–H and O–H groups in total. The second-order valence-electron chi connectivity index (χ2n) is 4.70. The normalized spacial score (nSPS) is 19.1. The third kappa shape index (κ3) is 5.25. The minimum atomic E-state index is -0.340. The van der Waals surface area contributed by atoms with E-state index in [0.29, 0.717) is 5.92 Å². The third-order valence-corrected chi connectivity index (χ3v) is 3.37. The molecule has 0 radical (unpaired) electrons. The molecule has 1 rings (SSSR count). The molecule has 100 valence electrons. The molecule has 1 amide bonds. The van der Waals surface area contributed by atoms with Crippen molar-refractivity contribution in [2.45, 2.75) is 51.0 Å². The van der Waals surface area contributed by atoms with Gasteiger partial charge in [0, 0.05) is 12.4 Å². The van der Waals surface area contributed by atoms with Gasteiger partial charge in [-0.15, -0.1) is 0 Å². The Bertz CT molecular complexity index is 305. The van der Waals surface area contributed by atoms with Gasteiger partial charge in [0.25, 0.3) is 0 Å². The SMILES string of the molecule is C=CN=CCC(=O)NC(C=O)C1CCCCCC1. The zero-order chi connectivity index (χ0) is 13.2. The van der Waals surface area contributed by atoms with Gasteiger partial charge < -0.3 is 10.1 Å². The van der Waals surface area contributed by atoms with E-state index < -0.39 is 0 Å². The Morgan fingerprint density at radius 2 is 2.00 bits per heavy atom. The van der Waals surface area contributed by atoms with Crippen LogP contribution >= 0.6 is 0 Å². The number of rotatable bonds is 6. The highest BCUT2D eigenvalue weighted by Crippen LogP contribution is 2.24. The molecule has 1 aliphatic carbocycles. The topological polar surface area (TPSA) is 58.5 Å². The number of nitrogens with one attached hydrogen (secondary N) is 1. The summed E-state index contributed by atoms with van der Waals surface area (Å²) in [5.41, 5.74) is 0. The van der Waals surface area contributed by atoms with E-state index >= 15 is 0 Å². The van der Waals surface area contributed by atoms with Crippen LogP contribution in [0.3, 0.4) is 0 Å². The van der Waals surface area contributed by atoms with E-state index in [1.807, 2.05) is 0 Å². The summed E-state index contributed by atoms with van der Waals surface area (Å²) < 4.78 is 0. The van der Waals surface area contributed by atoms with Crippen molar-refractivity contribution in [3.63, 3.8) is 0 Å². The smallest absolute Gasteiger partial charge is 0.225 e. The van der Waals surface area contributed by atoms with Crippen molar-refractivity contribution in [3.8, 4) is 0 Å². The summed E-state index contributed by atoms with van der Waals surface area (Å²) in [7, 11) is 0.